The van der Waals surface area contributed by atoms with Gasteiger partial charge in [0.15, 0.2) is 16.6 Å². The molecule has 0 bridgehead atoms. The van der Waals surface area contributed by atoms with E-state index in [1.165, 1.54) is 0 Å². The molecule has 0 aliphatic heterocycles. The van der Waals surface area contributed by atoms with Crippen LogP contribution in [0.5, 0.6) is 11.5 Å². The quantitative estimate of drug-likeness (QED) is 0.556. The highest BCUT2D eigenvalue weighted by Gasteiger charge is 2.15. The zero-order chi connectivity index (χ0) is 18.2. The first kappa shape index (κ1) is 18.7. The zero-order valence-corrected chi connectivity index (χ0v) is 15.4. The van der Waals surface area contributed by atoms with Crippen molar-refractivity contribution in [3.05, 3.63) is 34.3 Å². The van der Waals surface area contributed by atoms with Crippen molar-refractivity contribution in [2.45, 2.75) is 27.2 Å². The van der Waals surface area contributed by atoms with E-state index in [0.29, 0.717) is 46.8 Å². The number of carbonyl (C=O) groups is 1. The molecule has 0 radical (unpaired) electrons. The second kappa shape index (κ2) is 9.03. The van der Waals surface area contributed by atoms with Gasteiger partial charge in [-0.05, 0) is 44.0 Å². The Hall–Kier alpha value is -2.61. The maximum absolute atomic E-state index is 12.2. The van der Waals surface area contributed by atoms with Gasteiger partial charge < -0.3 is 15.2 Å². The summed E-state index contributed by atoms with van der Waals surface area (Å²) in [6.45, 7) is 6.83. The van der Waals surface area contributed by atoms with Crippen LogP contribution in [0.1, 0.15) is 41.7 Å². The number of nitrogens with one attached hydrogen (secondary N) is 1. The third-order valence-corrected chi connectivity index (χ3v) is 4.13. The first-order valence-electron chi connectivity index (χ1n) is 8.07. The van der Waals surface area contributed by atoms with Gasteiger partial charge in [-0.25, -0.2) is 10.4 Å². The minimum absolute atomic E-state index is 0.321. The minimum Gasteiger partial charge on any atom is -0.490 e. The van der Waals surface area contributed by atoms with E-state index in [1.807, 2.05) is 39.0 Å². The number of amides is 1. The van der Waals surface area contributed by atoms with Crippen molar-refractivity contribution in [3.63, 3.8) is 0 Å². The van der Waals surface area contributed by atoms with Crippen molar-refractivity contribution in [2.24, 2.45) is 5.10 Å². The molecule has 2 aromatic rings. The van der Waals surface area contributed by atoms with Crippen LogP contribution in [0.15, 0.2) is 23.3 Å². The van der Waals surface area contributed by atoms with Crippen LogP contribution in [-0.2, 0) is 6.42 Å². The van der Waals surface area contributed by atoms with E-state index in [1.54, 1.807) is 6.21 Å². The Bertz CT molecular complexity index is 758. The summed E-state index contributed by atoms with van der Waals surface area (Å²) in [6, 6.07) is 5.47. The molecule has 0 spiro atoms. The lowest BCUT2D eigenvalue weighted by Crippen LogP contribution is -2.17. The molecule has 0 atom stereocenters. The minimum atomic E-state index is -0.321. The number of ether oxygens (including phenoxy) is 2. The lowest BCUT2D eigenvalue weighted by molar-refractivity contribution is 0.0958. The number of aromatic nitrogens is 1. The Balaban J connectivity index is 2.08. The van der Waals surface area contributed by atoms with Gasteiger partial charge in [0.1, 0.15) is 4.88 Å². The van der Waals surface area contributed by atoms with Crippen molar-refractivity contribution in [1.82, 2.24) is 10.4 Å². The number of aryl methyl sites for hydroxylation is 1. The Morgan fingerprint density at radius 3 is 2.68 bits per heavy atom. The van der Waals surface area contributed by atoms with Gasteiger partial charge in [-0.15, -0.1) is 0 Å². The van der Waals surface area contributed by atoms with Crippen molar-refractivity contribution < 1.29 is 14.3 Å². The zero-order valence-electron chi connectivity index (χ0n) is 14.5. The normalized spacial score (nSPS) is 10.8. The predicted octanol–water partition coefficient (Wildman–Crippen LogP) is 2.85. The Labute approximate surface area is 150 Å². The van der Waals surface area contributed by atoms with E-state index in [0.717, 1.165) is 16.9 Å². The fraction of sp³-hybridized carbons (Fsp3) is 0.353. The van der Waals surface area contributed by atoms with Crippen LogP contribution >= 0.6 is 11.3 Å². The fourth-order valence-corrected chi connectivity index (χ4v) is 2.96. The monoisotopic (exact) mass is 362 g/mol. The van der Waals surface area contributed by atoms with Gasteiger partial charge >= 0.3 is 0 Å². The Morgan fingerprint density at radius 1 is 1.28 bits per heavy atom. The molecule has 1 aromatic heterocycles. The van der Waals surface area contributed by atoms with E-state index in [9.17, 15) is 4.79 Å². The lowest BCUT2D eigenvalue weighted by atomic mass is 10.2. The van der Waals surface area contributed by atoms with Crippen LogP contribution in [0.2, 0.25) is 0 Å². The number of nitrogen functional groups attached to an aromatic ring is 1. The summed E-state index contributed by atoms with van der Waals surface area (Å²) in [5.41, 5.74) is 9.62. The molecule has 2 rings (SSSR count). The predicted molar refractivity (Wildman–Crippen MR) is 99.7 cm³/mol. The van der Waals surface area contributed by atoms with Crippen molar-refractivity contribution in [1.29, 1.82) is 0 Å². The highest BCUT2D eigenvalue weighted by Crippen LogP contribution is 2.28. The van der Waals surface area contributed by atoms with E-state index >= 15 is 0 Å². The number of anilines is 1. The van der Waals surface area contributed by atoms with Crippen LogP contribution in [0, 0.1) is 0 Å². The van der Waals surface area contributed by atoms with E-state index < -0.39 is 0 Å². The Morgan fingerprint density at radius 2 is 2.00 bits per heavy atom. The van der Waals surface area contributed by atoms with E-state index in [2.05, 4.69) is 15.5 Å². The first-order valence-corrected chi connectivity index (χ1v) is 8.88. The number of thiazole rings is 1. The summed E-state index contributed by atoms with van der Waals surface area (Å²) in [7, 11) is 0. The van der Waals surface area contributed by atoms with Gasteiger partial charge in [-0.3, -0.25) is 4.79 Å². The molecule has 0 saturated heterocycles. The number of hydrazone groups is 1. The standard InChI is InChI=1S/C17H22N4O3S/c1-4-12-15(25-17(18)20-12)16(22)21-19-10-11-7-8-13(23-5-2)14(9-11)24-6-3/h7-10H,4-6H2,1-3H3,(H2,18,20)(H,21,22)/b19-10+. The molecule has 7 nitrogen and oxygen atoms in total. The first-order chi connectivity index (χ1) is 12.1. The second-order valence-electron chi connectivity index (χ2n) is 4.95. The largest absolute Gasteiger partial charge is 0.490 e. The van der Waals surface area contributed by atoms with Gasteiger partial charge in [0, 0.05) is 0 Å². The highest BCUT2D eigenvalue weighted by atomic mass is 32.1. The van der Waals surface area contributed by atoms with E-state index in [-0.39, 0.29) is 5.91 Å². The summed E-state index contributed by atoms with van der Waals surface area (Å²) in [6.07, 6.45) is 2.18. The molecule has 0 aliphatic rings. The lowest BCUT2D eigenvalue weighted by Gasteiger charge is -2.11. The summed E-state index contributed by atoms with van der Waals surface area (Å²) in [4.78, 5) is 16.8. The number of hydrogen-bond donors (Lipinski definition) is 2. The molecule has 1 amide bonds. The number of nitrogens with two attached hydrogens (primary N) is 1. The number of nitrogens with zero attached hydrogens (tertiary/aromatic N) is 2. The molecule has 1 heterocycles. The number of rotatable bonds is 8. The van der Waals surface area contributed by atoms with Gasteiger partial charge in [0.05, 0.1) is 25.1 Å². The molecular weight excluding hydrogens is 340 g/mol. The van der Waals surface area contributed by atoms with Gasteiger partial charge in [-0.1, -0.05) is 18.3 Å². The summed E-state index contributed by atoms with van der Waals surface area (Å²) < 4.78 is 11.1. The molecule has 134 valence electrons. The van der Waals surface area contributed by atoms with Crippen molar-refractivity contribution >= 4 is 28.6 Å². The molecule has 0 unspecified atom stereocenters. The summed E-state index contributed by atoms with van der Waals surface area (Å²) in [5, 5.41) is 4.37. The molecule has 1 aromatic carbocycles. The number of benzene rings is 1. The van der Waals surface area contributed by atoms with E-state index in [4.69, 9.17) is 15.2 Å². The third-order valence-electron chi connectivity index (χ3n) is 3.20. The third kappa shape index (κ3) is 4.93. The fourth-order valence-electron chi connectivity index (χ4n) is 2.15. The average molecular weight is 362 g/mol. The Kier molecular flexibility index (Phi) is 6.76. The summed E-state index contributed by atoms with van der Waals surface area (Å²) >= 11 is 1.15. The maximum atomic E-state index is 12.2. The number of carbonyl (C=O) groups excluding carboxylic acids is 1. The number of hydrogen-bond acceptors (Lipinski definition) is 7. The van der Waals surface area contributed by atoms with Crippen molar-refractivity contribution in [2.75, 3.05) is 18.9 Å². The smallest absolute Gasteiger partial charge is 0.283 e. The SMILES string of the molecule is CCOc1ccc(/C=N/NC(=O)c2sc(N)nc2CC)cc1OCC. The van der Waals surface area contributed by atoms with Gasteiger partial charge in [-0.2, -0.15) is 5.10 Å². The van der Waals surface area contributed by atoms with Crippen LogP contribution in [0.3, 0.4) is 0 Å². The maximum Gasteiger partial charge on any atom is 0.283 e. The van der Waals surface area contributed by atoms with Gasteiger partial charge in [0.25, 0.3) is 5.91 Å². The van der Waals surface area contributed by atoms with Crippen LogP contribution in [-0.4, -0.2) is 30.3 Å². The molecule has 3 N–H and O–H groups in total. The summed E-state index contributed by atoms with van der Waals surface area (Å²) in [5.74, 6) is 1.000. The van der Waals surface area contributed by atoms with Crippen LogP contribution in [0.4, 0.5) is 5.13 Å². The van der Waals surface area contributed by atoms with Crippen LogP contribution < -0.4 is 20.6 Å². The topological polar surface area (TPSA) is 98.8 Å². The molecular formula is C17H22N4O3S. The molecule has 0 aliphatic carbocycles. The van der Waals surface area contributed by atoms with Crippen molar-refractivity contribution in [3.8, 4) is 11.5 Å². The molecule has 25 heavy (non-hydrogen) atoms. The highest BCUT2D eigenvalue weighted by molar-refractivity contribution is 7.17. The molecule has 0 fully saturated rings. The average Bonchev–Trinajstić information content (AvgIpc) is 2.98. The molecule has 0 saturated carbocycles. The van der Waals surface area contributed by atoms with Crippen LogP contribution in [0.25, 0.3) is 0 Å². The second-order valence-corrected chi connectivity index (χ2v) is 5.98. The van der Waals surface area contributed by atoms with Gasteiger partial charge in [0.2, 0.25) is 0 Å². The molecule has 8 heteroatoms.